The SMILES string of the molecule is CCOCC(=O)NCC1(COC)CCCN1.Cl. The maximum absolute atomic E-state index is 11.4. The summed E-state index contributed by atoms with van der Waals surface area (Å²) in [5, 5.41) is 6.28. The third kappa shape index (κ3) is 5.68. The van der Waals surface area contributed by atoms with Crippen LogP contribution in [0.3, 0.4) is 0 Å². The third-order valence-electron chi connectivity index (χ3n) is 2.81. The number of nitrogens with one attached hydrogen (secondary N) is 2. The first kappa shape index (κ1) is 16.6. The highest BCUT2D eigenvalue weighted by molar-refractivity contribution is 5.85. The molecule has 0 spiro atoms. The van der Waals surface area contributed by atoms with Gasteiger partial charge in [0.15, 0.2) is 0 Å². The third-order valence-corrected chi connectivity index (χ3v) is 2.81. The van der Waals surface area contributed by atoms with Gasteiger partial charge in [0.1, 0.15) is 6.61 Å². The molecule has 6 heteroatoms. The molecule has 0 aromatic heterocycles. The highest BCUT2D eigenvalue weighted by Gasteiger charge is 2.33. The Balaban J connectivity index is 0.00000256. The van der Waals surface area contributed by atoms with Crippen molar-refractivity contribution in [1.29, 1.82) is 0 Å². The molecule has 0 aromatic carbocycles. The summed E-state index contributed by atoms with van der Waals surface area (Å²) in [6.45, 7) is 4.80. The first-order chi connectivity index (χ1) is 7.72. The molecule has 1 amide bonds. The number of hydrogen-bond donors (Lipinski definition) is 2. The summed E-state index contributed by atoms with van der Waals surface area (Å²) in [5.41, 5.74) is -0.0867. The Labute approximate surface area is 109 Å². The van der Waals surface area contributed by atoms with Crippen LogP contribution in [0.5, 0.6) is 0 Å². The number of hydrogen-bond acceptors (Lipinski definition) is 4. The van der Waals surface area contributed by atoms with E-state index in [0.29, 0.717) is 19.8 Å². The van der Waals surface area contributed by atoms with Crippen LogP contribution in [0.25, 0.3) is 0 Å². The molecular formula is C11H23ClN2O3. The van der Waals surface area contributed by atoms with Crippen molar-refractivity contribution in [2.45, 2.75) is 25.3 Å². The highest BCUT2D eigenvalue weighted by Crippen LogP contribution is 2.18. The van der Waals surface area contributed by atoms with Crippen molar-refractivity contribution in [3.8, 4) is 0 Å². The van der Waals surface area contributed by atoms with E-state index in [1.165, 1.54) is 0 Å². The number of methoxy groups -OCH3 is 1. The Bertz CT molecular complexity index is 221. The number of halogens is 1. The second kappa shape index (κ2) is 8.69. The normalized spacial score (nSPS) is 23.2. The topological polar surface area (TPSA) is 59.6 Å². The van der Waals surface area contributed by atoms with Gasteiger partial charge in [-0.3, -0.25) is 4.79 Å². The summed E-state index contributed by atoms with van der Waals surface area (Å²) < 4.78 is 10.2. The Hall–Kier alpha value is -0.360. The number of amides is 1. The molecule has 2 N–H and O–H groups in total. The van der Waals surface area contributed by atoms with Crippen LogP contribution in [0.4, 0.5) is 0 Å². The molecule has 1 fully saturated rings. The van der Waals surface area contributed by atoms with Crippen LogP contribution in [-0.2, 0) is 14.3 Å². The van der Waals surface area contributed by atoms with E-state index in [4.69, 9.17) is 9.47 Å². The van der Waals surface area contributed by atoms with Crippen molar-refractivity contribution < 1.29 is 14.3 Å². The fourth-order valence-corrected chi connectivity index (χ4v) is 1.98. The zero-order valence-corrected chi connectivity index (χ0v) is 11.4. The Kier molecular flexibility index (Phi) is 8.51. The highest BCUT2D eigenvalue weighted by atomic mass is 35.5. The smallest absolute Gasteiger partial charge is 0.246 e. The van der Waals surface area contributed by atoms with Crippen molar-refractivity contribution in [2.24, 2.45) is 0 Å². The van der Waals surface area contributed by atoms with Gasteiger partial charge in [0, 0.05) is 20.3 Å². The lowest BCUT2D eigenvalue weighted by molar-refractivity contribution is -0.125. The predicted molar refractivity (Wildman–Crippen MR) is 68.6 cm³/mol. The molecule has 0 saturated carbocycles. The monoisotopic (exact) mass is 266 g/mol. The number of ether oxygens (including phenoxy) is 2. The van der Waals surface area contributed by atoms with Gasteiger partial charge in [-0.25, -0.2) is 0 Å². The van der Waals surface area contributed by atoms with Gasteiger partial charge in [-0.15, -0.1) is 12.4 Å². The van der Waals surface area contributed by atoms with Crippen molar-refractivity contribution in [1.82, 2.24) is 10.6 Å². The van der Waals surface area contributed by atoms with E-state index in [2.05, 4.69) is 10.6 Å². The number of rotatable bonds is 7. The summed E-state index contributed by atoms with van der Waals surface area (Å²) >= 11 is 0. The van der Waals surface area contributed by atoms with E-state index >= 15 is 0 Å². The minimum Gasteiger partial charge on any atom is -0.383 e. The summed E-state index contributed by atoms with van der Waals surface area (Å²) in [4.78, 5) is 11.4. The second-order valence-corrected chi connectivity index (χ2v) is 4.16. The predicted octanol–water partition coefficient (Wildman–Crippen LogP) is 0.330. The molecule has 0 radical (unpaired) electrons. The minimum atomic E-state index is -0.0867. The first-order valence-corrected chi connectivity index (χ1v) is 5.81. The molecule has 17 heavy (non-hydrogen) atoms. The Morgan fingerprint density at radius 3 is 2.82 bits per heavy atom. The van der Waals surface area contributed by atoms with Gasteiger partial charge >= 0.3 is 0 Å². The maximum atomic E-state index is 11.4. The maximum Gasteiger partial charge on any atom is 0.246 e. The van der Waals surface area contributed by atoms with Gasteiger partial charge in [-0.2, -0.15) is 0 Å². The molecule has 0 aliphatic carbocycles. The van der Waals surface area contributed by atoms with Crippen LogP contribution in [0, 0.1) is 0 Å². The van der Waals surface area contributed by atoms with E-state index in [9.17, 15) is 4.79 Å². The van der Waals surface area contributed by atoms with Crippen molar-refractivity contribution in [2.75, 3.05) is 40.0 Å². The molecule has 1 saturated heterocycles. The molecule has 102 valence electrons. The molecule has 1 heterocycles. The molecule has 1 rings (SSSR count). The quantitative estimate of drug-likeness (QED) is 0.697. The lowest BCUT2D eigenvalue weighted by Gasteiger charge is -2.28. The number of carbonyl (C=O) groups excluding carboxylic acids is 1. The molecule has 1 atom stereocenters. The molecule has 1 aliphatic heterocycles. The van der Waals surface area contributed by atoms with Crippen molar-refractivity contribution in [3.05, 3.63) is 0 Å². The lowest BCUT2D eigenvalue weighted by atomic mass is 9.99. The van der Waals surface area contributed by atoms with E-state index in [0.717, 1.165) is 19.4 Å². The molecule has 0 aromatic rings. The molecule has 1 aliphatic rings. The van der Waals surface area contributed by atoms with Crippen LogP contribution in [0.2, 0.25) is 0 Å². The van der Waals surface area contributed by atoms with Crippen LogP contribution in [-0.4, -0.2) is 51.5 Å². The van der Waals surface area contributed by atoms with Gasteiger partial charge in [-0.1, -0.05) is 0 Å². The van der Waals surface area contributed by atoms with Crippen LogP contribution >= 0.6 is 12.4 Å². The summed E-state index contributed by atoms with van der Waals surface area (Å²) in [6, 6.07) is 0. The van der Waals surface area contributed by atoms with E-state index < -0.39 is 0 Å². The van der Waals surface area contributed by atoms with Gasteiger partial charge in [-0.05, 0) is 26.3 Å². The van der Waals surface area contributed by atoms with Crippen molar-refractivity contribution in [3.63, 3.8) is 0 Å². The minimum absolute atomic E-state index is 0. The summed E-state index contributed by atoms with van der Waals surface area (Å²) in [6.07, 6.45) is 2.17. The average molecular weight is 267 g/mol. The zero-order valence-electron chi connectivity index (χ0n) is 10.6. The molecule has 5 nitrogen and oxygen atoms in total. The molecule has 0 bridgehead atoms. The van der Waals surface area contributed by atoms with Crippen LogP contribution in [0.15, 0.2) is 0 Å². The van der Waals surface area contributed by atoms with Gasteiger partial charge in [0.2, 0.25) is 5.91 Å². The zero-order chi connectivity index (χ0) is 11.9. The lowest BCUT2D eigenvalue weighted by Crippen LogP contribution is -2.53. The standard InChI is InChI=1S/C11H22N2O3.ClH/c1-3-16-7-10(14)12-8-11(9-15-2)5-4-6-13-11;/h13H,3-9H2,1-2H3,(H,12,14);1H. The number of carbonyl (C=O) groups is 1. The van der Waals surface area contributed by atoms with Gasteiger partial charge < -0.3 is 20.1 Å². The molecule has 1 unspecified atom stereocenters. The van der Waals surface area contributed by atoms with Crippen LogP contribution in [0.1, 0.15) is 19.8 Å². The summed E-state index contributed by atoms with van der Waals surface area (Å²) in [5.74, 6) is -0.0639. The van der Waals surface area contributed by atoms with Crippen LogP contribution < -0.4 is 10.6 Å². The Morgan fingerprint density at radius 1 is 1.53 bits per heavy atom. The molecular weight excluding hydrogens is 244 g/mol. The van der Waals surface area contributed by atoms with Gasteiger partial charge in [0.05, 0.1) is 12.1 Å². The summed E-state index contributed by atoms with van der Waals surface area (Å²) in [7, 11) is 1.68. The largest absolute Gasteiger partial charge is 0.383 e. The van der Waals surface area contributed by atoms with E-state index in [1.54, 1.807) is 7.11 Å². The van der Waals surface area contributed by atoms with Crippen molar-refractivity contribution >= 4 is 18.3 Å². The average Bonchev–Trinajstić information content (AvgIpc) is 2.73. The van der Waals surface area contributed by atoms with E-state index in [-0.39, 0.29) is 30.5 Å². The fourth-order valence-electron chi connectivity index (χ4n) is 1.98. The van der Waals surface area contributed by atoms with E-state index in [1.807, 2.05) is 6.92 Å². The Morgan fingerprint density at radius 2 is 2.29 bits per heavy atom. The van der Waals surface area contributed by atoms with Gasteiger partial charge in [0.25, 0.3) is 0 Å². The second-order valence-electron chi connectivity index (χ2n) is 4.16. The fraction of sp³-hybridized carbons (Fsp3) is 0.909. The first-order valence-electron chi connectivity index (χ1n) is 5.81.